The van der Waals surface area contributed by atoms with E-state index in [1.807, 2.05) is 49.4 Å². The Morgan fingerprint density at radius 1 is 1.25 bits per heavy atom. The van der Waals surface area contributed by atoms with Crippen LogP contribution in [0.3, 0.4) is 0 Å². The van der Waals surface area contributed by atoms with Gasteiger partial charge in [0.25, 0.3) is 0 Å². The van der Waals surface area contributed by atoms with Crippen LogP contribution in [0.15, 0.2) is 42.5 Å². The molecule has 1 atom stereocenters. The molecular weight excluding hydrogens is 421 g/mol. The van der Waals surface area contributed by atoms with Gasteiger partial charge in [-0.2, -0.15) is 0 Å². The van der Waals surface area contributed by atoms with Crippen molar-refractivity contribution in [2.24, 2.45) is 0 Å². The summed E-state index contributed by atoms with van der Waals surface area (Å²) in [7, 11) is 1.58. The van der Waals surface area contributed by atoms with Crippen LogP contribution in [0.2, 0.25) is 0 Å². The summed E-state index contributed by atoms with van der Waals surface area (Å²) in [6, 6.07) is 13.6. The fourth-order valence-corrected chi connectivity index (χ4v) is 3.61. The van der Waals surface area contributed by atoms with Crippen molar-refractivity contribution in [3.8, 4) is 5.75 Å². The van der Waals surface area contributed by atoms with Crippen molar-refractivity contribution in [2.75, 3.05) is 13.7 Å². The Balaban J connectivity index is 2.12. The van der Waals surface area contributed by atoms with E-state index in [4.69, 9.17) is 9.47 Å². The molecular formula is C18H16INO4. The number of nitrogens with zero attached hydrogens (tertiary/aromatic N) is 1. The first-order chi connectivity index (χ1) is 11.5. The van der Waals surface area contributed by atoms with Gasteiger partial charge in [0.1, 0.15) is 11.5 Å². The molecule has 0 fully saturated rings. The highest BCUT2D eigenvalue weighted by Crippen LogP contribution is 2.45. The Labute approximate surface area is 153 Å². The van der Waals surface area contributed by atoms with Crippen molar-refractivity contribution in [1.82, 2.24) is 0 Å². The molecule has 0 N–H and O–H groups in total. The standard InChI is InChI=1S/C18H16INO4/c1-11-3-5-12(6-4-11)18-17(19)14-8-7-13(23-2)9-15(14)16(24-18)10-20(21)22/h3-9,16H,10H2,1-2H3. The van der Waals surface area contributed by atoms with Crippen LogP contribution in [0.1, 0.15) is 28.4 Å². The second-order valence-corrected chi connectivity index (χ2v) is 6.66. The molecule has 1 aliphatic rings. The quantitative estimate of drug-likeness (QED) is 0.398. The predicted molar refractivity (Wildman–Crippen MR) is 101 cm³/mol. The molecule has 0 radical (unpaired) electrons. The number of ether oxygens (including phenoxy) is 2. The highest BCUT2D eigenvalue weighted by molar-refractivity contribution is 14.1. The van der Waals surface area contributed by atoms with Crippen molar-refractivity contribution in [3.63, 3.8) is 0 Å². The first-order valence-electron chi connectivity index (χ1n) is 7.43. The molecule has 24 heavy (non-hydrogen) atoms. The number of methoxy groups -OCH3 is 1. The van der Waals surface area contributed by atoms with Crippen LogP contribution in [0, 0.1) is 17.0 Å². The van der Waals surface area contributed by atoms with Gasteiger partial charge in [-0.15, -0.1) is 0 Å². The Morgan fingerprint density at radius 3 is 2.58 bits per heavy atom. The summed E-state index contributed by atoms with van der Waals surface area (Å²) in [5.74, 6) is 1.34. The molecule has 0 saturated carbocycles. The van der Waals surface area contributed by atoms with Crippen molar-refractivity contribution >= 4 is 31.9 Å². The van der Waals surface area contributed by atoms with Crippen LogP contribution in [0.5, 0.6) is 5.75 Å². The van der Waals surface area contributed by atoms with Gasteiger partial charge in [-0.05, 0) is 53.3 Å². The molecule has 2 aromatic rings. The van der Waals surface area contributed by atoms with Crippen molar-refractivity contribution in [1.29, 1.82) is 0 Å². The number of hydrogen-bond acceptors (Lipinski definition) is 4. The van der Waals surface area contributed by atoms with Crippen molar-refractivity contribution in [2.45, 2.75) is 13.0 Å². The number of rotatable bonds is 4. The van der Waals surface area contributed by atoms with Crippen LogP contribution in [-0.4, -0.2) is 18.6 Å². The Kier molecular flexibility index (Phi) is 4.75. The van der Waals surface area contributed by atoms with Crippen LogP contribution >= 0.6 is 22.6 Å². The maximum absolute atomic E-state index is 11.1. The summed E-state index contributed by atoms with van der Waals surface area (Å²) in [4.78, 5) is 10.7. The molecule has 2 aromatic carbocycles. The molecule has 1 heterocycles. The van der Waals surface area contributed by atoms with Gasteiger partial charge < -0.3 is 9.47 Å². The minimum Gasteiger partial charge on any atom is -0.497 e. The van der Waals surface area contributed by atoms with E-state index in [0.29, 0.717) is 11.5 Å². The number of aryl methyl sites for hydroxylation is 1. The van der Waals surface area contributed by atoms with E-state index in [9.17, 15) is 10.1 Å². The molecule has 0 aromatic heterocycles. The zero-order chi connectivity index (χ0) is 17.3. The average molecular weight is 437 g/mol. The summed E-state index contributed by atoms with van der Waals surface area (Å²) in [6.07, 6.45) is -0.639. The van der Waals surface area contributed by atoms with Gasteiger partial charge >= 0.3 is 0 Å². The third-order valence-electron chi connectivity index (χ3n) is 3.93. The van der Waals surface area contributed by atoms with Gasteiger partial charge in [0.2, 0.25) is 6.54 Å². The predicted octanol–water partition coefficient (Wildman–Crippen LogP) is 4.61. The lowest BCUT2D eigenvalue weighted by atomic mass is 9.96. The smallest absolute Gasteiger partial charge is 0.244 e. The number of hydrogen-bond donors (Lipinski definition) is 0. The molecule has 6 heteroatoms. The maximum Gasteiger partial charge on any atom is 0.244 e. The zero-order valence-electron chi connectivity index (χ0n) is 13.3. The minimum absolute atomic E-state index is 0.292. The molecule has 0 amide bonds. The number of nitro groups is 1. The SMILES string of the molecule is COc1ccc2c(c1)C(C[N+](=O)[O-])OC(c1ccc(C)cc1)=C2I. The first-order valence-corrected chi connectivity index (χ1v) is 8.51. The first kappa shape index (κ1) is 16.8. The van der Waals surface area contributed by atoms with E-state index in [-0.39, 0.29) is 11.5 Å². The third-order valence-corrected chi connectivity index (χ3v) is 5.00. The van der Waals surface area contributed by atoms with Crippen LogP contribution in [0.4, 0.5) is 0 Å². The molecule has 5 nitrogen and oxygen atoms in total. The topological polar surface area (TPSA) is 61.6 Å². The second-order valence-electron chi connectivity index (χ2n) is 5.58. The highest BCUT2D eigenvalue weighted by Gasteiger charge is 2.31. The molecule has 0 bridgehead atoms. The van der Waals surface area contributed by atoms with Gasteiger partial charge in [-0.1, -0.05) is 29.8 Å². The largest absolute Gasteiger partial charge is 0.497 e. The summed E-state index contributed by atoms with van der Waals surface area (Å²) >= 11 is 2.23. The molecule has 1 aliphatic heterocycles. The minimum atomic E-state index is -0.639. The Bertz CT molecular complexity index is 814. The molecule has 0 aliphatic carbocycles. The third kappa shape index (κ3) is 3.24. The van der Waals surface area contributed by atoms with Crippen LogP contribution < -0.4 is 4.74 Å². The molecule has 124 valence electrons. The van der Waals surface area contributed by atoms with Crippen molar-refractivity contribution < 1.29 is 14.4 Å². The lowest BCUT2D eigenvalue weighted by molar-refractivity contribution is -0.491. The van der Waals surface area contributed by atoms with E-state index in [0.717, 1.165) is 25.8 Å². The fraction of sp³-hybridized carbons (Fsp3) is 0.222. The van der Waals surface area contributed by atoms with E-state index in [1.54, 1.807) is 7.11 Å². The van der Waals surface area contributed by atoms with E-state index in [2.05, 4.69) is 22.6 Å². The Hall–Kier alpha value is -2.09. The van der Waals surface area contributed by atoms with Gasteiger partial charge in [0, 0.05) is 16.1 Å². The molecule has 0 spiro atoms. The zero-order valence-corrected chi connectivity index (χ0v) is 15.4. The monoisotopic (exact) mass is 437 g/mol. The summed E-state index contributed by atoms with van der Waals surface area (Å²) in [6.45, 7) is 1.72. The summed E-state index contributed by atoms with van der Waals surface area (Å²) < 4.78 is 12.2. The summed E-state index contributed by atoms with van der Waals surface area (Å²) in [5, 5.41) is 11.1. The second kappa shape index (κ2) is 6.80. The van der Waals surface area contributed by atoms with Gasteiger partial charge in [-0.3, -0.25) is 10.1 Å². The number of halogens is 1. The normalized spacial score (nSPS) is 16.4. The van der Waals surface area contributed by atoms with Gasteiger partial charge in [0.05, 0.1) is 10.7 Å². The Morgan fingerprint density at radius 2 is 1.96 bits per heavy atom. The highest BCUT2D eigenvalue weighted by atomic mass is 127. The lowest BCUT2D eigenvalue weighted by Gasteiger charge is -2.27. The van der Waals surface area contributed by atoms with Gasteiger partial charge in [0.15, 0.2) is 6.10 Å². The van der Waals surface area contributed by atoms with E-state index >= 15 is 0 Å². The molecule has 0 saturated heterocycles. The van der Waals surface area contributed by atoms with Crippen LogP contribution in [0.25, 0.3) is 9.34 Å². The summed E-state index contributed by atoms with van der Waals surface area (Å²) in [5.41, 5.74) is 3.80. The van der Waals surface area contributed by atoms with Crippen molar-refractivity contribution in [3.05, 3.63) is 74.8 Å². The lowest BCUT2D eigenvalue weighted by Crippen LogP contribution is -2.20. The van der Waals surface area contributed by atoms with Crippen LogP contribution in [-0.2, 0) is 4.74 Å². The van der Waals surface area contributed by atoms with E-state index < -0.39 is 6.10 Å². The average Bonchev–Trinajstić information content (AvgIpc) is 2.57. The molecule has 3 rings (SSSR count). The van der Waals surface area contributed by atoms with E-state index in [1.165, 1.54) is 0 Å². The molecule has 1 unspecified atom stereocenters. The number of benzene rings is 2. The maximum atomic E-state index is 11.1. The van der Waals surface area contributed by atoms with Gasteiger partial charge in [-0.25, -0.2) is 0 Å². The number of fused-ring (bicyclic) bond motifs is 1. The fourth-order valence-electron chi connectivity index (χ4n) is 2.68.